The number of fused-ring (bicyclic) bond motifs is 1. The molecule has 5 heteroatoms. The van der Waals surface area contributed by atoms with Gasteiger partial charge in [0.25, 0.3) is 0 Å². The molecule has 3 unspecified atom stereocenters. The van der Waals surface area contributed by atoms with E-state index in [-0.39, 0.29) is 12.0 Å². The van der Waals surface area contributed by atoms with Gasteiger partial charge in [0.05, 0.1) is 4.91 Å². The van der Waals surface area contributed by atoms with Crippen molar-refractivity contribution in [3.63, 3.8) is 0 Å². The van der Waals surface area contributed by atoms with E-state index in [4.69, 9.17) is 0 Å². The van der Waals surface area contributed by atoms with Crippen LogP contribution in [0.3, 0.4) is 0 Å². The van der Waals surface area contributed by atoms with Gasteiger partial charge in [-0.1, -0.05) is 44.2 Å². The van der Waals surface area contributed by atoms with E-state index >= 15 is 0 Å². The zero-order valence-electron chi connectivity index (χ0n) is 14.3. The molecule has 0 fully saturated rings. The third-order valence-corrected chi connectivity index (χ3v) is 6.29. The average molecular weight is 344 g/mol. The SMILES string of the molecule is CC(Cc1c[nH]c2ccccc12)NS(=O)(=O)C1=CC(C)C(C)C=C1. The van der Waals surface area contributed by atoms with Crippen molar-refractivity contribution in [3.05, 3.63) is 59.2 Å². The third-order valence-electron chi connectivity index (χ3n) is 4.69. The fourth-order valence-electron chi connectivity index (χ4n) is 3.07. The molecule has 0 amide bonds. The van der Waals surface area contributed by atoms with Crippen molar-refractivity contribution in [2.45, 2.75) is 33.2 Å². The van der Waals surface area contributed by atoms with E-state index in [1.54, 1.807) is 6.08 Å². The summed E-state index contributed by atoms with van der Waals surface area (Å²) in [5.41, 5.74) is 2.19. The molecule has 0 radical (unpaired) electrons. The lowest BCUT2D eigenvalue weighted by molar-refractivity contribution is 0.543. The van der Waals surface area contributed by atoms with Crippen molar-refractivity contribution < 1.29 is 8.42 Å². The summed E-state index contributed by atoms with van der Waals surface area (Å²) in [6, 6.07) is 7.87. The number of aromatic amines is 1. The number of allylic oxidation sites excluding steroid dienone is 3. The number of hydrogen-bond acceptors (Lipinski definition) is 2. The first-order valence-electron chi connectivity index (χ1n) is 8.34. The Morgan fingerprint density at radius 1 is 1.21 bits per heavy atom. The van der Waals surface area contributed by atoms with E-state index in [0.29, 0.717) is 17.2 Å². The van der Waals surface area contributed by atoms with Crippen molar-refractivity contribution in [1.29, 1.82) is 0 Å². The lowest BCUT2D eigenvalue weighted by atomic mass is 9.92. The number of H-pyrrole nitrogens is 1. The van der Waals surface area contributed by atoms with Crippen LogP contribution in [0.1, 0.15) is 26.3 Å². The summed E-state index contributed by atoms with van der Waals surface area (Å²) in [5.74, 6) is 0.595. The second kappa shape index (κ2) is 6.57. The molecule has 1 aliphatic rings. The van der Waals surface area contributed by atoms with E-state index in [2.05, 4.69) is 22.7 Å². The van der Waals surface area contributed by atoms with Crippen LogP contribution in [0.25, 0.3) is 10.9 Å². The minimum Gasteiger partial charge on any atom is -0.361 e. The van der Waals surface area contributed by atoms with E-state index < -0.39 is 10.0 Å². The molecular formula is C19H24N2O2S. The van der Waals surface area contributed by atoms with Gasteiger partial charge < -0.3 is 4.98 Å². The highest BCUT2D eigenvalue weighted by molar-refractivity contribution is 7.93. The maximum atomic E-state index is 12.6. The monoisotopic (exact) mass is 344 g/mol. The normalized spacial score (nSPS) is 22.5. The summed E-state index contributed by atoms with van der Waals surface area (Å²) in [4.78, 5) is 3.60. The van der Waals surface area contributed by atoms with Crippen LogP contribution >= 0.6 is 0 Å². The highest BCUT2D eigenvalue weighted by Gasteiger charge is 2.23. The van der Waals surface area contributed by atoms with Crippen LogP contribution in [-0.2, 0) is 16.4 Å². The van der Waals surface area contributed by atoms with Gasteiger partial charge in [0.2, 0.25) is 10.0 Å². The highest BCUT2D eigenvalue weighted by Crippen LogP contribution is 2.25. The molecule has 2 N–H and O–H groups in total. The summed E-state index contributed by atoms with van der Waals surface area (Å²) < 4.78 is 28.0. The lowest BCUT2D eigenvalue weighted by Crippen LogP contribution is -2.35. The number of para-hydroxylation sites is 1. The van der Waals surface area contributed by atoms with Crippen molar-refractivity contribution >= 4 is 20.9 Å². The molecule has 0 aliphatic heterocycles. The topological polar surface area (TPSA) is 62.0 Å². The first-order chi connectivity index (χ1) is 11.4. The minimum atomic E-state index is -3.48. The van der Waals surface area contributed by atoms with Gasteiger partial charge in [-0.05, 0) is 42.9 Å². The lowest BCUT2D eigenvalue weighted by Gasteiger charge is -2.21. The average Bonchev–Trinajstić information content (AvgIpc) is 2.92. The van der Waals surface area contributed by atoms with Gasteiger partial charge in [-0.3, -0.25) is 0 Å². The van der Waals surface area contributed by atoms with Gasteiger partial charge in [0.1, 0.15) is 0 Å². The maximum Gasteiger partial charge on any atom is 0.240 e. The number of nitrogens with one attached hydrogen (secondary N) is 2. The van der Waals surface area contributed by atoms with Crippen molar-refractivity contribution in [2.75, 3.05) is 0 Å². The quantitative estimate of drug-likeness (QED) is 0.868. The van der Waals surface area contributed by atoms with Crippen LogP contribution in [0.15, 0.2) is 53.6 Å². The molecule has 1 heterocycles. The number of rotatable bonds is 5. The number of aromatic nitrogens is 1. The van der Waals surface area contributed by atoms with Crippen molar-refractivity contribution in [2.24, 2.45) is 11.8 Å². The number of benzene rings is 1. The molecule has 1 aromatic carbocycles. The second-order valence-corrected chi connectivity index (χ2v) is 8.45. The van der Waals surface area contributed by atoms with Gasteiger partial charge in [-0.25, -0.2) is 13.1 Å². The van der Waals surface area contributed by atoms with Crippen LogP contribution in [0.4, 0.5) is 0 Å². The zero-order valence-corrected chi connectivity index (χ0v) is 15.1. The minimum absolute atomic E-state index is 0.182. The molecule has 4 nitrogen and oxygen atoms in total. The Labute approximate surface area is 143 Å². The molecule has 1 aliphatic carbocycles. The molecule has 0 saturated carbocycles. The summed E-state index contributed by atoms with van der Waals surface area (Å²) >= 11 is 0. The molecule has 0 bridgehead atoms. The van der Waals surface area contributed by atoms with Gasteiger partial charge in [-0.2, -0.15) is 0 Å². The summed E-state index contributed by atoms with van der Waals surface area (Å²) in [5, 5.41) is 1.14. The molecule has 2 aromatic rings. The molecule has 128 valence electrons. The standard InChI is InChI=1S/C19H24N2O2S/c1-13-8-9-17(10-14(13)2)24(22,23)21-15(3)11-16-12-20-19-7-5-4-6-18(16)19/h4-10,12-15,20-21H,11H2,1-3H3. The second-order valence-electron chi connectivity index (χ2n) is 6.73. The van der Waals surface area contributed by atoms with E-state index in [9.17, 15) is 8.42 Å². The van der Waals surface area contributed by atoms with Crippen LogP contribution in [-0.4, -0.2) is 19.4 Å². The van der Waals surface area contributed by atoms with Crippen LogP contribution in [0.5, 0.6) is 0 Å². The fraction of sp³-hybridized carbons (Fsp3) is 0.368. The van der Waals surface area contributed by atoms with Gasteiger partial charge in [0.15, 0.2) is 0 Å². The third kappa shape index (κ3) is 3.47. The van der Waals surface area contributed by atoms with Crippen LogP contribution < -0.4 is 4.72 Å². The molecule has 3 rings (SSSR count). The van der Waals surface area contributed by atoms with Crippen molar-refractivity contribution in [1.82, 2.24) is 9.71 Å². The Balaban J connectivity index is 1.73. The Morgan fingerprint density at radius 3 is 2.71 bits per heavy atom. The van der Waals surface area contributed by atoms with Gasteiger partial charge >= 0.3 is 0 Å². The smallest absolute Gasteiger partial charge is 0.240 e. The number of sulfonamides is 1. The maximum absolute atomic E-state index is 12.6. The Hall–Kier alpha value is -1.85. The summed E-state index contributed by atoms with van der Waals surface area (Å²) in [7, 11) is -3.48. The predicted octanol–water partition coefficient (Wildman–Crippen LogP) is 3.74. The Morgan fingerprint density at radius 2 is 1.96 bits per heavy atom. The van der Waals surface area contributed by atoms with Crippen molar-refractivity contribution in [3.8, 4) is 0 Å². The molecule has 3 atom stereocenters. The Kier molecular flexibility index (Phi) is 4.65. The zero-order chi connectivity index (χ0) is 17.3. The largest absolute Gasteiger partial charge is 0.361 e. The first kappa shape index (κ1) is 17.0. The van der Waals surface area contributed by atoms with E-state index in [1.807, 2.05) is 50.4 Å². The van der Waals surface area contributed by atoms with E-state index in [1.165, 1.54) is 0 Å². The van der Waals surface area contributed by atoms with Crippen LogP contribution in [0, 0.1) is 11.8 Å². The number of hydrogen-bond donors (Lipinski definition) is 2. The molecule has 1 aromatic heterocycles. The van der Waals surface area contributed by atoms with Gasteiger partial charge in [0, 0.05) is 23.1 Å². The molecular weight excluding hydrogens is 320 g/mol. The molecule has 0 spiro atoms. The summed E-state index contributed by atoms with van der Waals surface area (Å²) in [6.07, 6.45) is 8.12. The summed E-state index contributed by atoms with van der Waals surface area (Å²) in [6.45, 7) is 6.03. The fourth-order valence-corrected chi connectivity index (χ4v) is 4.47. The molecule has 0 saturated heterocycles. The Bertz CT molecular complexity index is 893. The predicted molar refractivity (Wildman–Crippen MR) is 99.1 cm³/mol. The van der Waals surface area contributed by atoms with Crippen LogP contribution in [0.2, 0.25) is 0 Å². The first-order valence-corrected chi connectivity index (χ1v) is 9.82. The molecule has 24 heavy (non-hydrogen) atoms. The highest BCUT2D eigenvalue weighted by atomic mass is 32.2. The van der Waals surface area contributed by atoms with E-state index in [0.717, 1.165) is 16.5 Å². The van der Waals surface area contributed by atoms with Gasteiger partial charge in [-0.15, -0.1) is 0 Å².